The second-order valence-electron chi connectivity index (χ2n) is 4.21. The van der Waals surface area contributed by atoms with Crippen LogP contribution in [0.25, 0.3) is 0 Å². The van der Waals surface area contributed by atoms with Crippen LogP contribution in [0, 0.1) is 0 Å². The maximum absolute atomic E-state index is 11.8. The van der Waals surface area contributed by atoms with Crippen molar-refractivity contribution in [2.24, 2.45) is 0 Å². The van der Waals surface area contributed by atoms with Crippen LogP contribution in [0.15, 0.2) is 24.3 Å². The minimum Gasteiger partial charge on any atom is -0.462 e. The molecule has 0 bridgehead atoms. The molecule has 20 heavy (non-hydrogen) atoms. The van der Waals surface area contributed by atoms with E-state index in [1.54, 1.807) is 38.1 Å². The molecule has 2 N–H and O–H groups in total. The van der Waals surface area contributed by atoms with Crippen molar-refractivity contribution in [2.75, 3.05) is 11.9 Å². The van der Waals surface area contributed by atoms with Crippen molar-refractivity contribution in [3.8, 4) is 0 Å². The SMILES string of the molecule is CCOC(=O)c1ccc(NC(=O)C(C)NC(C)=O)cc1. The van der Waals surface area contributed by atoms with Crippen LogP contribution in [0.4, 0.5) is 5.69 Å². The fourth-order valence-electron chi connectivity index (χ4n) is 1.53. The molecule has 6 heteroatoms. The highest BCUT2D eigenvalue weighted by Gasteiger charge is 2.14. The number of hydrogen-bond donors (Lipinski definition) is 2. The number of benzene rings is 1. The highest BCUT2D eigenvalue weighted by atomic mass is 16.5. The molecule has 0 heterocycles. The van der Waals surface area contributed by atoms with Gasteiger partial charge in [0.2, 0.25) is 11.8 Å². The van der Waals surface area contributed by atoms with Gasteiger partial charge in [0, 0.05) is 12.6 Å². The Morgan fingerprint density at radius 1 is 1.20 bits per heavy atom. The molecule has 0 aliphatic rings. The molecule has 0 spiro atoms. The van der Waals surface area contributed by atoms with Gasteiger partial charge in [-0.15, -0.1) is 0 Å². The largest absolute Gasteiger partial charge is 0.462 e. The molecule has 0 aromatic heterocycles. The molecule has 0 aliphatic heterocycles. The molecular formula is C14H18N2O4. The Hall–Kier alpha value is -2.37. The molecule has 1 aromatic carbocycles. The van der Waals surface area contributed by atoms with E-state index in [1.807, 2.05) is 0 Å². The third-order valence-electron chi connectivity index (χ3n) is 2.48. The summed E-state index contributed by atoms with van der Waals surface area (Å²) in [6.07, 6.45) is 0. The van der Waals surface area contributed by atoms with Crippen molar-refractivity contribution >= 4 is 23.5 Å². The number of carbonyl (C=O) groups excluding carboxylic acids is 3. The zero-order valence-corrected chi connectivity index (χ0v) is 11.7. The molecular weight excluding hydrogens is 260 g/mol. The van der Waals surface area contributed by atoms with Crippen LogP contribution >= 0.6 is 0 Å². The van der Waals surface area contributed by atoms with E-state index in [-0.39, 0.29) is 11.8 Å². The van der Waals surface area contributed by atoms with Crippen LogP contribution in [-0.4, -0.2) is 30.4 Å². The lowest BCUT2D eigenvalue weighted by atomic mass is 10.2. The summed E-state index contributed by atoms with van der Waals surface area (Å²) in [5.41, 5.74) is 0.958. The van der Waals surface area contributed by atoms with E-state index in [0.29, 0.717) is 17.9 Å². The Kier molecular flexibility index (Phi) is 5.71. The standard InChI is InChI=1S/C14H18N2O4/c1-4-20-14(19)11-5-7-12(8-6-11)16-13(18)9(2)15-10(3)17/h5-9H,4H2,1-3H3,(H,15,17)(H,16,18). The van der Waals surface area contributed by atoms with Gasteiger partial charge in [0.05, 0.1) is 12.2 Å². The van der Waals surface area contributed by atoms with Gasteiger partial charge in [0.25, 0.3) is 0 Å². The third kappa shape index (κ3) is 4.72. The smallest absolute Gasteiger partial charge is 0.338 e. The number of anilines is 1. The van der Waals surface area contributed by atoms with Crippen LogP contribution in [0.1, 0.15) is 31.1 Å². The van der Waals surface area contributed by atoms with Crippen LogP contribution in [0.3, 0.4) is 0 Å². The first-order valence-electron chi connectivity index (χ1n) is 6.29. The number of hydrogen-bond acceptors (Lipinski definition) is 4. The van der Waals surface area contributed by atoms with Crippen LogP contribution < -0.4 is 10.6 Å². The van der Waals surface area contributed by atoms with Gasteiger partial charge in [-0.05, 0) is 38.1 Å². The molecule has 0 fully saturated rings. The van der Waals surface area contributed by atoms with Gasteiger partial charge < -0.3 is 15.4 Å². The molecule has 0 saturated carbocycles. The molecule has 2 amide bonds. The first-order valence-corrected chi connectivity index (χ1v) is 6.29. The first-order chi connectivity index (χ1) is 9.43. The van der Waals surface area contributed by atoms with E-state index in [2.05, 4.69) is 10.6 Å². The van der Waals surface area contributed by atoms with E-state index in [0.717, 1.165) is 0 Å². The van der Waals surface area contributed by atoms with Gasteiger partial charge in [-0.25, -0.2) is 4.79 Å². The van der Waals surface area contributed by atoms with E-state index >= 15 is 0 Å². The maximum atomic E-state index is 11.8. The fraction of sp³-hybridized carbons (Fsp3) is 0.357. The van der Waals surface area contributed by atoms with Crippen molar-refractivity contribution in [3.05, 3.63) is 29.8 Å². The molecule has 0 aliphatic carbocycles. The Balaban J connectivity index is 2.63. The van der Waals surface area contributed by atoms with Crippen molar-refractivity contribution in [1.82, 2.24) is 5.32 Å². The summed E-state index contributed by atoms with van der Waals surface area (Å²) in [5, 5.41) is 5.12. The molecule has 6 nitrogen and oxygen atoms in total. The Bertz CT molecular complexity index is 496. The highest BCUT2D eigenvalue weighted by molar-refractivity contribution is 5.97. The molecule has 1 rings (SSSR count). The number of esters is 1. The van der Waals surface area contributed by atoms with Crippen molar-refractivity contribution in [2.45, 2.75) is 26.8 Å². The quantitative estimate of drug-likeness (QED) is 0.796. The monoisotopic (exact) mass is 278 g/mol. The van der Waals surface area contributed by atoms with Crippen LogP contribution in [0.2, 0.25) is 0 Å². The van der Waals surface area contributed by atoms with Gasteiger partial charge in [-0.2, -0.15) is 0 Å². The number of amides is 2. The number of nitrogens with one attached hydrogen (secondary N) is 2. The van der Waals surface area contributed by atoms with Crippen molar-refractivity contribution < 1.29 is 19.1 Å². The summed E-state index contributed by atoms with van der Waals surface area (Å²) in [6, 6.07) is 5.71. The van der Waals surface area contributed by atoms with Gasteiger partial charge in [0.15, 0.2) is 0 Å². The normalized spacial score (nSPS) is 11.3. The Labute approximate surface area is 117 Å². The van der Waals surface area contributed by atoms with Gasteiger partial charge in [-0.3, -0.25) is 9.59 Å². The second kappa shape index (κ2) is 7.28. The van der Waals surface area contributed by atoms with E-state index in [4.69, 9.17) is 4.74 Å². The Morgan fingerprint density at radius 2 is 1.80 bits per heavy atom. The minimum atomic E-state index is -0.628. The Morgan fingerprint density at radius 3 is 2.30 bits per heavy atom. The van der Waals surface area contributed by atoms with E-state index < -0.39 is 12.0 Å². The molecule has 1 aromatic rings. The number of ether oxygens (including phenoxy) is 1. The van der Waals surface area contributed by atoms with Gasteiger partial charge in [-0.1, -0.05) is 0 Å². The summed E-state index contributed by atoms with van der Waals surface area (Å²) in [5.74, 6) is -1.01. The average molecular weight is 278 g/mol. The lowest BCUT2D eigenvalue weighted by molar-refractivity contribution is -0.124. The summed E-state index contributed by atoms with van der Waals surface area (Å²) < 4.78 is 4.86. The zero-order chi connectivity index (χ0) is 15.1. The van der Waals surface area contributed by atoms with E-state index in [1.165, 1.54) is 6.92 Å². The van der Waals surface area contributed by atoms with Gasteiger partial charge in [0.1, 0.15) is 6.04 Å². The molecule has 1 atom stereocenters. The van der Waals surface area contributed by atoms with Crippen LogP contribution in [-0.2, 0) is 14.3 Å². The number of carbonyl (C=O) groups is 3. The summed E-state index contributed by atoms with van der Waals surface area (Å²) in [4.78, 5) is 34.1. The van der Waals surface area contributed by atoms with Crippen LogP contribution in [0.5, 0.6) is 0 Å². The topological polar surface area (TPSA) is 84.5 Å². The fourth-order valence-corrected chi connectivity index (χ4v) is 1.53. The molecule has 1 unspecified atom stereocenters. The maximum Gasteiger partial charge on any atom is 0.338 e. The summed E-state index contributed by atoms with van der Waals surface area (Å²) in [6.45, 7) is 4.98. The third-order valence-corrected chi connectivity index (χ3v) is 2.48. The summed E-state index contributed by atoms with van der Waals surface area (Å²) >= 11 is 0. The molecule has 0 radical (unpaired) electrons. The van der Waals surface area contributed by atoms with Gasteiger partial charge >= 0.3 is 5.97 Å². The minimum absolute atomic E-state index is 0.273. The van der Waals surface area contributed by atoms with Crippen molar-refractivity contribution in [1.29, 1.82) is 0 Å². The lowest BCUT2D eigenvalue weighted by Crippen LogP contribution is -2.40. The summed E-state index contributed by atoms with van der Waals surface area (Å²) in [7, 11) is 0. The second-order valence-corrected chi connectivity index (χ2v) is 4.21. The predicted molar refractivity (Wildman–Crippen MR) is 74.3 cm³/mol. The zero-order valence-electron chi connectivity index (χ0n) is 11.7. The lowest BCUT2D eigenvalue weighted by Gasteiger charge is -2.13. The number of rotatable bonds is 5. The highest BCUT2D eigenvalue weighted by Crippen LogP contribution is 2.11. The van der Waals surface area contributed by atoms with Crippen molar-refractivity contribution in [3.63, 3.8) is 0 Å². The van der Waals surface area contributed by atoms with E-state index in [9.17, 15) is 14.4 Å². The first kappa shape index (κ1) is 15.7. The molecule has 108 valence electrons. The molecule has 0 saturated heterocycles. The predicted octanol–water partition coefficient (Wildman–Crippen LogP) is 1.33. The average Bonchev–Trinajstić information content (AvgIpc) is 2.39.